The SMILES string of the molecule is CC(O)CC(C)(C)CNC(=O)C1CCCN(C)C1. The molecule has 0 aromatic heterocycles. The predicted octanol–water partition coefficient (Wildman–Crippen LogP) is 1.24. The number of aliphatic hydroxyl groups is 1. The second kappa shape index (κ2) is 6.53. The van der Waals surface area contributed by atoms with Crippen molar-refractivity contribution >= 4 is 5.91 Å². The summed E-state index contributed by atoms with van der Waals surface area (Å²) in [4.78, 5) is 14.3. The molecular formula is C14H28N2O2. The van der Waals surface area contributed by atoms with Gasteiger partial charge in [-0.25, -0.2) is 0 Å². The minimum atomic E-state index is -0.322. The van der Waals surface area contributed by atoms with Gasteiger partial charge in [0.25, 0.3) is 0 Å². The van der Waals surface area contributed by atoms with Crippen LogP contribution in [0.4, 0.5) is 0 Å². The zero-order chi connectivity index (χ0) is 13.8. The molecule has 1 heterocycles. The summed E-state index contributed by atoms with van der Waals surface area (Å²) in [5.74, 6) is 0.298. The fraction of sp³-hybridized carbons (Fsp3) is 0.929. The van der Waals surface area contributed by atoms with Crippen LogP contribution in [0.1, 0.15) is 40.0 Å². The van der Waals surface area contributed by atoms with E-state index in [1.54, 1.807) is 6.92 Å². The number of carbonyl (C=O) groups excluding carboxylic acids is 1. The number of aliphatic hydroxyl groups excluding tert-OH is 1. The Hall–Kier alpha value is -0.610. The topological polar surface area (TPSA) is 52.6 Å². The second-order valence-electron chi connectivity index (χ2n) is 6.54. The van der Waals surface area contributed by atoms with E-state index in [9.17, 15) is 9.90 Å². The van der Waals surface area contributed by atoms with E-state index in [2.05, 4.69) is 31.1 Å². The van der Waals surface area contributed by atoms with Gasteiger partial charge < -0.3 is 15.3 Å². The summed E-state index contributed by atoms with van der Waals surface area (Å²) in [6.45, 7) is 8.54. The fourth-order valence-electron chi connectivity index (χ4n) is 2.72. The summed E-state index contributed by atoms with van der Waals surface area (Å²) in [5, 5.41) is 12.5. The third-order valence-electron chi connectivity index (χ3n) is 3.58. The average molecular weight is 256 g/mol. The number of piperidine rings is 1. The molecule has 1 saturated heterocycles. The Kier molecular flexibility index (Phi) is 5.60. The van der Waals surface area contributed by atoms with Gasteiger partial charge in [-0.1, -0.05) is 13.8 Å². The van der Waals surface area contributed by atoms with Crippen molar-refractivity contribution in [3.63, 3.8) is 0 Å². The largest absolute Gasteiger partial charge is 0.393 e. The monoisotopic (exact) mass is 256 g/mol. The molecule has 0 aliphatic carbocycles. The minimum absolute atomic E-state index is 0.0512. The Labute approximate surface area is 111 Å². The van der Waals surface area contributed by atoms with E-state index in [0.29, 0.717) is 13.0 Å². The van der Waals surface area contributed by atoms with Crippen molar-refractivity contribution in [3.8, 4) is 0 Å². The summed E-state index contributed by atoms with van der Waals surface area (Å²) in [6, 6.07) is 0. The van der Waals surface area contributed by atoms with Crippen LogP contribution in [0.25, 0.3) is 0 Å². The van der Waals surface area contributed by atoms with Crippen molar-refractivity contribution in [1.82, 2.24) is 10.2 Å². The van der Waals surface area contributed by atoms with E-state index in [1.165, 1.54) is 0 Å². The van der Waals surface area contributed by atoms with Gasteiger partial charge in [-0.05, 0) is 45.2 Å². The Morgan fingerprint density at radius 1 is 1.56 bits per heavy atom. The highest BCUT2D eigenvalue weighted by Gasteiger charge is 2.26. The van der Waals surface area contributed by atoms with Crippen molar-refractivity contribution in [2.45, 2.75) is 46.1 Å². The number of carbonyl (C=O) groups is 1. The smallest absolute Gasteiger partial charge is 0.224 e. The molecule has 0 spiro atoms. The van der Waals surface area contributed by atoms with Crippen molar-refractivity contribution in [3.05, 3.63) is 0 Å². The van der Waals surface area contributed by atoms with Crippen LogP contribution in [0.15, 0.2) is 0 Å². The van der Waals surface area contributed by atoms with Gasteiger partial charge in [-0.3, -0.25) is 4.79 Å². The maximum absolute atomic E-state index is 12.1. The van der Waals surface area contributed by atoms with Crippen LogP contribution in [-0.2, 0) is 4.79 Å². The molecule has 0 bridgehead atoms. The van der Waals surface area contributed by atoms with Gasteiger partial charge in [0, 0.05) is 13.1 Å². The summed E-state index contributed by atoms with van der Waals surface area (Å²) in [5.41, 5.74) is -0.0512. The van der Waals surface area contributed by atoms with Crippen molar-refractivity contribution < 1.29 is 9.90 Å². The maximum atomic E-state index is 12.1. The number of hydrogen-bond donors (Lipinski definition) is 2. The first-order valence-electron chi connectivity index (χ1n) is 6.94. The molecule has 2 N–H and O–H groups in total. The molecule has 0 aromatic carbocycles. The van der Waals surface area contributed by atoms with E-state index >= 15 is 0 Å². The van der Waals surface area contributed by atoms with Crippen molar-refractivity contribution in [2.75, 3.05) is 26.7 Å². The second-order valence-corrected chi connectivity index (χ2v) is 6.54. The van der Waals surface area contributed by atoms with Crippen molar-refractivity contribution in [1.29, 1.82) is 0 Å². The molecule has 1 amide bonds. The zero-order valence-electron chi connectivity index (χ0n) is 12.2. The van der Waals surface area contributed by atoms with E-state index in [-0.39, 0.29) is 23.3 Å². The van der Waals surface area contributed by atoms with Crippen LogP contribution in [0.3, 0.4) is 0 Å². The fourth-order valence-corrected chi connectivity index (χ4v) is 2.72. The van der Waals surface area contributed by atoms with Gasteiger partial charge in [0.15, 0.2) is 0 Å². The molecular weight excluding hydrogens is 228 g/mol. The number of rotatable bonds is 5. The number of hydrogen-bond acceptors (Lipinski definition) is 3. The van der Waals surface area contributed by atoms with Gasteiger partial charge >= 0.3 is 0 Å². The van der Waals surface area contributed by atoms with Crippen molar-refractivity contribution in [2.24, 2.45) is 11.3 Å². The van der Waals surface area contributed by atoms with E-state index in [0.717, 1.165) is 25.9 Å². The quantitative estimate of drug-likeness (QED) is 0.778. The molecule has 1 rings (SSSR count). The highest BCUT2D eigenvalue weighted by molar-refractivity contribution is 5.79. The summed E-state index contributed by atoms with van der Waals surface area (Å²) >= 11 is 0. The molecule has 1 aliphatic rings. The Morgan fingerprint density at radius 3 is 2.78 bits per heavy atom. The summed E-state index contributed by atoms with van der Waals surface area (Å²) in [7, 11) is 2.07. The van der Waals surface area contributed by atoms with Gasteiger partial charge in [-0.2, -0.15) is 0 Å². The lowest BCUT2D eigenvalue weighted by atomic mass is 9.86. The molecule has 4 nitrogen and oxygen atoms in total. The first-order chi connectivity index (χ1) is 8.30. The van der Waals surface area contributed by atoms with Gasteiger partial charge in [-0.15, -0.1) is 0 Å². The van der Waals surface area contributed by atoms with Crippen LogP contribution in [0, 0.1) is 11.3 Å². The van der Waals surface area contributed by atoms with Crippen LogP contribution in [0.2, 0.25) is 0 Å². The Balaban J connectivity index is 2.36. The van der Waals surface area contributed by atoms with Crippen LogP contribution < -0.4 is 5.32 Å². The maximum Gasteiger partial charge on any atom is 0.224 e. The third-order valence-corrected chi connectivity index (χ3v) is 3.58. The summed E-state index contributed by atoms with van der Waals surface area (Å²) in [6.07, 6.45) is 2.48. The average Bonchev–Trinajstić information content (AvgIpc) is 2.24. The Bertz CT molecular complexity index is 277. The lowest BCUT2D eigenvalue weighted by Crippen LogP contribution is -2.44. The molecule has 18 heavy (non-hydrogen) atoms. The molecule has 2 atom stereocenters. The zero-order valence-corrected chi connectivity index (χ0v) is 12.2. The first-order valence-corrected chi connectivity index (χ1v) is 6.94. The van der Waals surface area contributed by atoms with E-state index in [4.69, 9.17) is 0 Å². The van der Waals surface area contributed by atoms with Gasteiger partial charge in [0.2, 0.25) is 5.91 Å². The molecule has 106 valence electrons. The normalized spacial score (nSPS) is 23.7. The van der Waals surface area contributed by atoms with Crippen LogP contribution >= 0.6 is 0 Å². The lowest BCUT2D eigenvalue weighted by Gasteiger charge is -2.31. The molecule has 2 unspecified atom stereocenters. The van der Waals surface area contributed by atoms with Crippen LogP contribution in [0.5, 0.6) is 0 Å². The molecule has 1 aliphatic heterocycles. The number of amides is 1. The standard InChI is InChI=1S/C14H28N2O2/c1-11(17)8-14(2,3)10-15-13(18)12-6-5-7-16(4)9-12/h11-12,17H,5-10H2,1-4H3,(H,15,18). The molecule has 4 heteroatoms. The van der Waals surface area contributed by atoms with E-state index in [1.807, 2.05) is 0 Å². The van der Waals surface area contributed by atoms with Crippen LogP contribution in [-0.4, -0.2) is 48.7 Å². The van der Waals surface area contributed by atoms with Gasteiger partial charge in [0.1, 0.15) is 0 Å². The Morgan fingerprint density at radius 2 is 2.22 bits per heavy atom. The lowest BCUT2D eigenvalue weighted by molar-refractivity contribution is -0.127. The highest BCUT2D eigenvalue weighted by atomic mass is 16.3. The number of nitrogens with zero attached hydrogens (tertiary/aromatic N) is 1. The molecule has 0 saturated carbocycles. The third kappa shape index (κ3) is 5.36. The molecule has 1 fully saturated rings. The molecule has 0 aromatic rings. The molecule has 0 radical (unpaired) electrons. The van der Waals surface area contributed by atoms with Gasteiger partial charge in [0.05, 0.1) is 12.0 Å². The van der Waals surface area contributed by atoms with E-state index < -0.39 is 0 Å². The highest BCUT2D eigenvalue weighted by Crippen LogP contribution is 2.22. The minimum Gasteiger partial charge on any atom is -0.393 e. The first kappa shape index (κ1) is 15.4. The number of likely N-dealkylation sites (tertiary alicyclic amines) is 1. The predicted molar refractivity (Wildman–Crippen MR) is 73.3 cm³/mol. The summed E-state index contributed by atoms with van der Waals surface area (Å²) < 4.78 is 0. The number of nitrogens with one attached hydrogen (secondary N) is 1.